The highest BCUT2D eigenvalue weighted by atomic mass is 32.1. The van der Waals surface area contributed by atoms with Crippen LogP contribution in [0.25, 0.3) is 0 Å². The van der Waals surface area contributed by atoms with E-state index in [9.17, 15) is 24.3 Å². The second kappa shape index (κ2) is 8.51. The van der Waals surface area contributed by atoms with E-state index in [-0.39, 0.29) is 21.5 Å². The lowest BCUT2D eigenvalue weighted by molar-refractivity contribution is -0.147. The summed E-state index contributed by atoms with van der Waals surface area (Å²) in [6.07, 6.45) is 2.04. The van der Waals surface area contributed by atoms with Gasteiger partial charge in [-0.3, -0.25) is 14.4 Å². The Hall–Kier alpha value is -2.42. The summed E-state index contributed by atoms with van der Waals surface area (Å²) in [6.45, 7) is 4.93. The van der Waals surface area contributed by atoms with Crippen molar-refractivity contribution < 1.29 is 29.0 Å². The van der Waals surface area contributed by atoms with Crippen molar-refractivity contribution in [3.8, 4) is 0 Å². The number of carbonyl (C=O) groups is 4. The van der Waals surface area contributed by atoms with Crippen LogP contribution in [-0.2, 0) is 14.3 Å². The van der Waals surface area contributed by atoms with Gasteiger partial charge in [-0.2, -0.15) is 0 Å². The van der Waals surface area contributed by atoms with Gasteiger partial charge in [0, 0.05) is 0 Å². The zero-order valence-corrected chi connectivity index (χ0v) is 16.4. The second-order valence-corrected chi connectivity index (χ2v) is 7.92. The van der Waals surface area contributed by atoms with Gasteiger partial charge in [0.1, 0.15) is 5.00 Å². The monoisotopic (exact) mass is 396 g/mol. The predicted octanol–water partition coefficient (Wildman–Crippen LogP) is 2.55. The number of hydrogen-bond donors (Lipinski definition) is 3. The molecule has 0 aliphatic heterocycles. The number of hydrogen-bond acceptors (Lipinski definition) is 6. The lowest BCUT2D eigenvalue weighted by Crippen LogP contribution is -2.36. The Morgan fingerprint density at radius 1 is 1.19 bits per heavy atom. The topological polar surface area (TPSA) is 136 Å². The molecule has 0 spiro atoms. The van der Waals surface area contributed by atoms with Crippen molar-refractivity contribution in [2.75, 3.05) is 5.32 Å². The fourth-order valence-corrected chi connectivity index (χ4v) is 4.35. The maximum absolute atomic E-state index is 12.7. The zero-order chi connectivity index (χ0) is 20.3. The molecule has 2 atom stereocenters. The van der Waals surface area contributed by atoms with Crippen molar-refractivity contribution in [1.29, 1.82) is 0 Å². The third-order valence-electron chi connectivity index (χ3n) is 4.57. The van der Waals surface area contributed by atoms with Crippen molar-refractivity contribution in [3.63, 3.8) is 0 Å². The van der Waals surface area contributed by atoms with E-state index in [1.54, 1.807) is 20.8 Å². The van der Waals surface area contributed by atoms with Crippen LogP contribution in [0.15, 0.2) is 0 Å². The fourth-order valence-electron chi connectivity index (χ4n) is 3.30. The maximum atomic E-state index is 12.7. The van der Waals surface area contributed by atoms with Crippen molar-refractivity contribution in [1.82, 2.24) is 0 Å². The summed E-state index contributed by atoms with van der Waals surface area (Å²) in [5.74, 6) is -4.31. The number of nitrogens with two attached hydrogens (primary N) is 1. The van der Waals surface area contributed by atoms with E-state index in [0.717, 1.165) is 24.2 Å². The first-order chi connectivity index (χ1) is 12.6. The van der Waals surface area contributed by atoms with Crippen LogP contribution in [0.4, 0.5) is 5.00 Å². The minimum Gasteiger partial charge on any atom is -0.481 e. The number of nitrogens with one attached hydrogen (secondary N) is 1. The first-order valence-electron chi connectivity index (χ1n) is 8.81. The molecule has 0 bridgehead atoms. The molecule has 148 valence electrons. The molecule has 27 heavy (non-hydrogen) atoms. The number of carboxylic acids is 1. The molecule has 1 aromatic heterocycles. The molecular formula is C18H24N2O6S. The highest BCUT2D eigenvalue weighted by Crippen LogP contribution is 2.36. The van der Waals surface area contributed by atoms with E-state index >= 15 is 0 Å². The molecule has 0 saturated heterocycles. The average Bonchev–Trinajstić information content (AvgIpc) is 2.90. The quantitative estimate of drug-likeness (QED) is 0.632. The van der Waals surface area contributed by atoms with Gasteiger partial charge < -0.3 is 20.9 Å². The van der Waals surface area contributed by atoms with Gasteiger partial charge in [0.15, 0.2) is 0 Å². The summed E-state index contributed by atoms with van der Waals surface area (Å²) in [6, 6.07) is 0. The van der Waals surface area contributed by atoms with E-state index in [4.69, 9.17) is 10.5 Å². The van der Waals surface area contributed by atoms with E-state index in [1.807, 2.05) is 0 Å². The maximum Gasteiger partial charge on any atom is 0.341 e. The highest BCUT2D eigenvalue weighted by Gasteiger charge is 2.37. The Kier molecular flexibility index (Phi) is 6.59. The lowest BCUT2D eigenvalue weighted by Gasteiger charge is -2.27. The van der Waals surface area contributed by atoms with Gasteiger partial charge in [-0.1, -0.05) is 12.8 Å². The lowest BCUT2D eigenvalue weighted by atomic mass is 9.79. The normalized spacial score (nSPS) is 19.6. The van der Waals surface area contributed by atoms with Crippen LogP contribution >= 0.6 is 11.3 Å². The number of carboxylic acid groups (broad SMARTS) is 1. The van der Waals surface area contributed by atoms with Crippen LogP contribution in [0.3, 0.4) is 0 Å². The number of aliphatic carboxylic acids is 1. The Labute approximate surface area is 161 Å². The third-order valence-corrected chi connectivity index (χ3v) is 5.80. The average molecular weight is 396 g/mol. The molecule has 0 radical (unpaired) electrons. The van der Waals surface area contributed by atoms with Crippen molar-refractivity contribution in [3.05, 3.63) is 16.0 Å². The van der Waals surface area contributed by atoms with E-state index in [2.05, 4.69) is 5.32 Å². The molecular weight excluding hydrogens is 372 g/mol. The van der Waals surface area contributed by atoms with Crippen LogP contribution in [0.1, 0.15) is 65.1 Å². The van der Waals surface area contributed by atoms with Crippen LogP contribution in [0.2, 0.25) is 0 Å². The summed E-state index contributed by atoms with van der Waals surface area (Å²) in [7, 11) is 0. The molecule has 1 fully saturated rings. The van der Waals surface area contributed by atoms with Crippen LogP contribution < -0.4 is 11.1 Å². The van der Waals surface area contributed by atoms with Gasteiger partial charge in [-0.25, -0.2) is 4.79 Å². The summed E-state index contributed by atoms with van der Waals surface area (Å²) in [5.41, 5.74) is 5.78. The van der Waals surface area contributed by atoms with Gasteiger partial charge in [-0.05, 0) is 39.2 Å². The first kappa shape index (κ1) is 20.9. The number of ether oxygens (including phenoxy) is 1. The van der Waals surface area contributed by atoms with Crippen molar-refractivity contribution >= 4 is 40.1 Å². The number of primary amides is 1. The van der Waals surface area contributed by atoms with Crippen LogP contribution in [-0.4, -0.2) is 35.0 Å². The van der Waals surface area contributed by atoms with Gasteiger partial charge in [0.2, 0.25) is 5.91 Å². The molecule has 2 rings (SSSR count). The molecule has 0 unspecified atom stereocenters. The minimum atomic E-state index is -1.01. The van der Waals surface area contributed by atoms with Gasteiger partial charge in [-0.15, -0.1) is 11.3 Å². The molecule has 1 aromatic rings. The van der Waals surface area contributed by atoms with Crippen molar-refractivity contribution in [2.24, 2.45) is 17.6 Å². The summed E-state index contributed by atoms with van der Waals surface area (Å²) < 4.78 is 5.21. The predicted molar refractivity (Wildman–Crippen MR) is 99.8 cm³/mol. The first-order valence-corrected chi connectivity index (χ1v) is 9.63. The number of anilines is 1. The van der Waals surface area contributed by atoms with E-state index in [1.165, 1.54) is 0 Å². The molecule has 1 aliphatic carbocycles. The molecule has 4 N–H and O–H groups in total. The van der Waals surface area contributed by atoms with Gasteiger partial charge in [0.25, 0.3) is 5.91 Å². The standard InChI is InChI=1S/C18H24N2O6S/c1-8(2)26-18(25)12-9(3)13(14(19)21)27-16(12)20-15(22)10-6-4-5-7-11(10)17(23)24/h8,10-11H,4-7H2,1-3H3,(H2,19,21)(H,20,22)(H,23,24)/t10-,11-/m0/s1. The molecule has 0 aromatic carbocycles. The van der Waals surface area contributed by atoms with Crippen molar-refractivity contribution in [2.45, 2.75) is 52.6 Å². The number of thiophene rings is 1. The van der Waals surface area contributed by atoms with E-state index < -0.39 is 35.6 Å². The fraction of sp³-hybridized carbons (Fsp3) is 0.556. The SMILES string of the molecule is Cc1c(C(N)=O)sc(NC(=O)[C@H]2CCCC[C@@H]2C(=O)O)c1C(=O)OC(C)C. The Morgan fingerprint density at radius 3 is 2.30 bits per heavy atom. The minimum absolute atomic E-state index is 0.0820. The number of rotatable bonds is 6. The Morgan fingerprint density at radius 2 is 1.78 bits per heavy atom. The smallest absolute Gasteiger partial charge is 0.341 e. The zero-order valence-electron chi connectivity index (χ0n) is 15.5. The summed E-state index contributed by atoms with van der Waals surface area (Å²) in [4.78, 5) is 48.4. The number of carbonyl (C=O) groups excluding carboxylic acids is 3. The molecule has 8 nitrogen and oxygen atoms in total. The third kappa shape index (κ3) is 4.65. The molecule has 1 aliphatic rings. The molecule has 9 heteroatoms. The number of amides is 2. The second-order valence-electron chi connectivity index (χ2n) is 6.90. The Balaban J connectivity index is 2.35. The van der Waals surface area contributed by atoms with Gasteiger partial charge >= 0.3 is 11.9 Å². The highest BCUT2D eigenvalue weighted by molar-refractivity contribution is 7.18. The van der Waals surface area contributed by atoms with Gasteiger partial charge in [0.05, 0.1) is 28.4 Å². The largest absolute Gasteiger partial charge is 0.481 e. The summed E-state index contributed by atoms with van der Waals surface area (Å²) >= 11 is 0.897. The molecule has 1 saturated carbocycles. The molecule has 1 heterocycles. The van der Waals surface area contributed by atoms with Crippen LogP contribution in [0, 0.1) is 18.8 Å². The summed E-state index contributed by atoms with van der Waals surface area (Å²) in [5, 5.41) is 12.2. The van der Waals surface area contributed by atoms with Crippen LogP contribution in [0.5, 0.6) is 0 Å². The van der Waals surface area contributed by atoms with E-state index in [0.29, 0.717) is 18.4 Å². The molecule has 2 amide bonds. The Bertz CT molecular complexity index is 770. The number of esters is 1.